The van der Waals surface area contributed by atoms with Crippen molar-refractivity contribution in [3.8, 4) is 0 Å². The third kappa shape index (κ3) is 2.25. The molecule has 2 heterocycles. The number of benzene rings is 1. The number of rotatable bonds is 3. The van der Waals surface area contributed by atoms with Gasteiger partial charge in [0.25, 0.3) is 0 Å². The first-order valence-electron chi connectivity index (χ1n) is 6.26. The molecule has 0 aliphatic carbocycles. The molecule has 0 bridgehead atoms. The van der Waals surface area contributed by atoms with Gasteiger partial charge in [-0.3, -0.25) is 0 Å². The first-order chi connectivity index (χ1) is 9.63. The number of carboxylic acids is 1. The van der Waals surface area contributed by atoms with Gasteiger partial charge in [-0.25, -0.2) is 14.3 Å². The number of hydrogen-bond acceptors (Lipinski definition) is 3. The fourth-order valence-corrected chi connectivity index (χ4v) is 2.11. The molecule has 0 radical (unpaired) electrons. The normalized spacial score (nSPS) is 10.8. The number of nitrogens with zero attached hydrogens (tertiary/aromatic N) is 3. The van der Waals surface area contributed by atoms with Crippen LogP contribution >= 0.6 is 0 Å². The van der Waals surface area contributed by atoms with Crippen molar-refractivity contribution in [3.63, 3.8) is 0 Å². The Morgan fingerprint density at radius 2 is 2.05 bits per heavy atom. The topological polar surface area (TPSA) is 67.5 Å². The Bertz CT molecular complexity index is 793. The smallest absolute Gasteiger partial charge is 0.337 e. The van der Waals surface area contributed by atoms with Gasteiger partial charge in [0.05, 0.1) is 5.56 Å². The van der Waals surface area contributed by atoms with Crippen LogP contribution in [0.4, 0.5) is 0 Å². The van der Waals surface area contributed by atoms with Crippen LogP contribution in [0.1, 0.15) is 27.3 Å². The average molecular weight is 267 g/mol. The van der Waals surface area contributed by atoms with Gasteiger partial charge in [-0.05, 0) is 30.2 Å². The molecule has 0 saturated heterocycles. The summed E-state index contributed by atoms with van der Waals surface area (Å²) in [6, 6.07) is 11.3. The van der Waals surface area contributed by atoms with Gasteiger partial charge in [0.15, 0.2) is 11.5 Å². The molecule has 2 aromatic heterocycles. The fourth-order valence-electron chi connectivity index (χ4n) is 2.11. The van der Waals surface area contributed by atoms with E-state index in [2.05, 4.69) is 10.1 Å². The van der Waals surface area contributed by atoms with Crippen LogP contribution in [0.15, 0.2) is 42.6 Å². The summed E-state index contributed by atoms with van der Waals surface area (Å²) in [7, 11) is 0. The highest BCUT2D eigenvalue weighted by molar-refractivity contribution is 5.87. The first-order valence-corrected chi connectivity index (χ1v) is 6.26. The van der Waals surface area contributed by atoms with Gasteiger partial charge in [0.2, 0.25) is 0 Å². The van der Waals surface area contributed by atoms with Crippen molar-refractivity contribution in [2.24, 2.45) is 0 Å². The molecule has 3 rings (SSSR count). The number of hydrogen-bond donors (Lipinski definition) is 1. The van der Waals surface area contributed by atoms with Crippen LogP contribution in [0.2, 0.25) is 0 Å². The Labute approximate surface area is 115 Å². The predicted octanol–water partition coefficient (Wildman–Crippen LogP) is 2.33. The molecule has 0 aliphatic heterocycles. The molecule has 0 fully saturated rings. The second kappa shape index (κ2) is 4.77. The molecule has 0 amide bonds. The molecular weight excluding hydrogens is 254 g/mol. The molecule has 0 saturated carbocycles. The molecule has 0 atom stereocenters. The van der Waals surface area contributed by atoms with Crippen LogP contribution in [0.5, 0.6) is 0 Å². The summed E-state index contributed by atoms with van der Waals surface area (Å²) in [5, 5.41) is 13.3. The lowest BCUT2D eigenvalue weighted by molar-refractivity contribution is 0.0696. The summed E-state index contributed by atoms with van der Waals surface area (Å²) in [5.74, 6) is -0.287. The molecule has 20 heavy (non-hydrogen) atoms. The summed E-state index contributed by atoms with van der Waals surface area (Å²) < 4.78 is 1.51. The lowest BCUT2D eigenvalue weighted by Gasteiger charge is -2.01. The number of aromatic carboxylic acids is 1. The van der Waals surface area contributed by atoms with E-state index >= 15 is 0 Å². The second-order valence-corrected chi connectivity index (χ2v) is 4.66. The van der Waals surface area contributed by atoms with Gasteiger partial charge in [-0.2, -0.15) is 5.10 Å². The number of aromatic nitrogens is 3. The van der Waals surface area contributed by atoms with E-state index in [9.17, 15) is 4.79 Å². The van der Waals surface area contributed by atoms with E-state index in [0.717, 1.165) is 0 Å². The monoisotopic (exact) mass is 267 g/mol. The quantitative estimate of drug-likeness (QED) is 0.790. The molecule has 5 nitrogen and oxygen atoms in total. The average Bonchev–Trinajstić information content (AvgIpc) is 2.82. The van der Waals surface area contributed by atoms with Crippen molar-refractivity contribution < 1.29 is 9.90 Å². The van der Waals surface area contributed by atoms with Crippen LogP contribution in [-0.2, 0) is 6.42 Å². The third-order valence-corrected chi connectivity index (χ3v) is 3.23. The van der Waals surface area contributed by atoms with Crippen molar-refractivity contribution in [2.45, 2.75) is 13.3 Å². The molecule has 1 N–H and O–H groups in total. The van der Waals surface area contributed by atoms with E-state index in [1.807, 2.05) is 31.2 Å². The fraction of sp³-hybridized carbons (Fsp3) is 0.133. The van der Waals surface area contributed by atoms with E-state index in [-0.39, 0.29) is 5.56 Å². The molecule has 3 aromatic rings. The summed E-state index contributed by atoms with van der Waals surface area (Å²) in [5.41, 5.74) is 3.21. The van der Waals surface area contributed by atoms with Gasteiger partial charge >= 0.3 is 5.97 Å². The van der Waals surface area contributed by atoms with E-state index in [0.29, 0.717) is 17.9 Å². The zero-order chi connectivity index (χ0) is 14.1. The van der Waals surface area contributed by atoms with E-state index < -0.39 is 5.97 Å². The molecule has 100 valence electrons. The van der Waals surface area contributed by atoms with E-state index in [1.165, 1.54) is 27.9 Å². The van der Waals surface area contributed by atoms with Gasteiger partial charge in [-0.15, -0.1) is 0 Å². The second-order valence-electron chi connectivity index (χ2n) is 4.66. The van der Waals surface area contributed by atoms with Crippen LogP contribution in [-0.4, -0.2) is 25.7 Å². The van der Waals surface area contributed by atoms with Gasteiger partial charge in [0.1, 0.15) is 0 Å². The molecule has 0 unspecified atom stereocenters. The Kier molecular flexibility index (Phi) is 2.95. The highest BCUT2D eigenvalue weighted by Gasteiger charge is 2.09. The zero-order valence-electron chi connectivity index (χ0n) is 10.9. The largest absolute Gasteiger partial charge is 0.478 e. The van der Waals surface area contributed by atoms with Gasteiger partial charge in [-0.1, -0.05) is 24.3 Å². The molecule has 5 heteroatoms. The minimum absolute atomic E-state index is 0.199. The Morgan fingerprint density at radius 3 is 2.80 bits per heavy atom. The summed E-state index contributed by atoms with van der Waals surface area (Å²) in [6.45, 7) is 2.05. The maximum Gasteiger partial charge on any atom is 0.337 e. The summed E-state index contributed by atoms with van der Waals surface area (Å²) >= 11 is 0. The highest BCUT2D eigenvalue weighted by atomic mass is 16.4. The third-order valence-electron chi connectivity index (χ3n) is 3.23. The van der Waals surface area contributed by atoms with Crippen LogP contribution in [0.3, 0.4) is 0 Å². The minimum atomic E-state index is -0.970. The Morgan fingerprint density at radius 1 is 1.25 bits per heavy atom. The molecule has 0 aliphatic rings. The van der Waals surface area contributed by atoms with Crippen LogP contribution < -0.4 is 0 Å². The number of carboxylic acid groups (broad SMARTS) is 1. The van der Waals surface area contributed by atoms with E-state index in [1.54, 1.807) is 6.07 Å². The first kappa shape index (κ1) is 12.3. The Hall–Kier alpha value is -2.69. The SMILES string of the molecule is Cc1ccccc1Cc1nc2ccc(C(=O)O)cn2n1. The van der Waals surface area contributed by atoms with Gasteiger partial charge < -0.3 is 5.11 Å². The minimum Gasteiger partial charge on any atom is -0.478 e. The standard InChI is InChI=1S/C15H13N3O2/c1-10-4-2-3-5-11(10)8-13-16-14-7-6-12(15(19)20)9-18(14)17-13/h2-7,9H,8H2,1H3,(H,19,20). The predicted molar refractivity (Wildman–Crippen MR) is 73.9 cm³/mol. The number of fused-ring (bicyclic) bond motifs is 1. The molecule has 0 spiro atoms. The lowest BCUT2D eigenvalue weighted by atomic mass is 10.1. The highest BCUT2D eigenvalue weighted by Crippen LogP contribution is 2.12. The van der Waals surface area contributed by atoms with Crippen molar-refractivity contribution in [1.82, 2.24) is 14.6 Å². The number of aryl methyl sites for hydroxylation is 1. The number of carbonyl (C=O) groups is 1. The van der Waals surface area contributed by atoms with Crippen molar-refractivity contribution in [3.05, 3.63) is 65.1 Å². The van der Waals surface area contributed by atoms with Gasteiger partial charge in [0, 0.05) is 12.6 Å². The van der Waals surface area contributed by atoms with Crippen LogP contribution in [0, 0.1) is 6.92 Å². The number of pyridine rings is 1. The van der Waals surface area contributed by atoms with E-state index in [4.69, 9.17) is 5.11 Å². The van der Waals surface area contributed by atoms with Crippen molar-refractivity contribution in [1.29, 1.82) is 0 Å². The van der Waals surface area contributed by atoms with Crippen molar-refractivity contribution >= 4 is 11.6 Å². The Balaban J connectivity index is 1.97. The summed E-state index contributed by atoms with van der Waals surface area (Å²) in [6.07, 6.45) is 2.11. The molecular formula is C15H13N3O2. The van der Waals surface area contributed by atoms with Crippen LogP contribution in [0.25, 0.3) is 5.65 Å². The zero-order valence-corrected chi connectivity index (χ0v) is 10.9. The summed E-state index contributed by atoms with van der Waals surface area (Å²) in [4.78, 5) is 15.3. The lowest BCUT2D eigenvalue weighted by Crippen LogP contribution is -1.99. The maximum atomic E-state index is 10.9. The maximum absolute atomic E-state index is 10.9. The molecule has 1 aromatic carbocycles. The van der Waals surface area contributed by atoms with Crippen molar-refractivity contribution in [2.75, 3.05) is 0 Å².